The van der Waals surface area contributed by atoms with Gasteiger partial charge in [0.05, 0.1) is 0 Å². The Bertz CT molecular complexity index is 554. The number of rotatable bonds is 3. The van der Waals surface area contributed by atoms with Crippen LogP contribution in [0.3, 0.4) is 0 Å². The predicted octanol–water partition coefficient (Wildman–Crippen LogP) is 3.65. The fourth-order valence-electron chi connectivity index (χ4n) is 2.18. The van der Waals surface area contributed by atoms with Crippen LogP contribution in [0.2, 0.25) is 0 Å². The van der Waals surface area contributed by atoms with Gasteiger partial charge in [-0.1, -0.05) is 22.0 Å². The monoisotopic (exact) mass is 304 g/mol. The van der Waals surface area contributed by atoms with Gasteiger partial charge in [0.15, 0.2) is 0 Å². The summed E-state index contributed by atoms with van der Waals surface area (Å²) in [7, 11) is 0. The minimum atomic E-state index is 0.401. The van der Waals surface area contributed by atoms with E-state index in [4.69, 9.17) is 4.74 Å². The lowest BCUT2D eigenvalue weighted by Gasteiger charge is -2.06. The molecular formula is C14H13BrN2O. The molecule has 0 atom stereocenters. The molecule has 1 aliphatic carbocycles. The molecule has 3 nitrogen and oxygen atoms in total. The van der Waals surface area contributed by atoms with Crippen LogP contribution in [0.15, 0.2) is 30.6 Å². The molecule has 0 spiro atoms. The normalized spacial score (nSPS) is 13.4. The Morgan fingerprint density at radius 1 is 1.11 bits per heavy atom. The average Bonchev–Trinajstić information content (AvgIpc) is 2.87. The van der Waals surface area contributed by atoms with Gasteiger partial charge in [-0.3, -0.25) is 0 Å². The molecule has 0 radical (unpaired) electrons. The fourth-order valence-corrected chi connectivity index (χ4v) is 2.47. The lowest BCUT2D eigenvalue weighted by molar-refractivity contribution is 0.441. The van der Waals surface area contributed by atoms with Gasteiger partial charge < -0.3 is 4.74 Å². The van der Waals surface area contributed by atoms with Crippen molar-refractivity contribution in [3.63, 3.8) is 0 Å². The van der Waals surface area contributed by atoms with Crippen LogP contribution in [0.25, 0.3) is 0 Å². The Kier molecular flexibility index (Phi) is 3.28. The smallest absolute Gasteiger partial charge is 0.321 e. The molecular weight excluding hydrogens is 292 g/mol. The molecule has 1 aliphatic rings. The van der Waals surface area contributed by atoms with Gasteiger partial charge in [0.1, 0.15) is 5.75 Å². The number of aromatic nitrogens is 2. The van der Waals surface area contributed by atoms with E-state index in [0.29, 0.717) is 6.01 Å². The third kappa shape index (κ3) is 2.38. The molecule has 1 heterocycles. The van der Waals surface area contributed by atoms with Crippen molar-refractivity contribution in [3.05, 3.63) is 47.3 Å². The standard InChI is InChI=1S/C14H13BrN2O/c15-7-10-8-16-14(17-9-10)18-13-5-4-11-2-1-3-12(11)6-13/h4-6,8-9H,1-3,7H2. The zero-order valence-electron chi connectivity index (χ0n) is 9.90. The van der Waals surface area contributed by atoms with Crippen molar-refractivity contribution in [1.82, 2.24) is 9.97 Å². The van der Waals surface area contributed by atoms with Gasteiger partial charge in [0.25, 0.3) is 0 Å². The molecule has 2 aromatic rings. The number of halogens is 1. The number of ether oxygens (including phenoxy) is 1. The molecule has 0 N–H and O–H groups in total. The van der Waals surface area contributed by atoms with Crippen LogP contribution in [0.4, 0.5) is 0 Å². The topological polar surface area (TPSA) is 35.0 Å². The summed E-state index contributed by atoms with van der Waals surface area (Å²) < 4.78 is 5.67. The Labute approximate surface area is 114 Å². The first-order chi connectivity index (χ1) is 8.85. The largest absolute Gasteiger partial charge is 0.424 e. The van der Waals surface area contributed by atoms with Crippen LogP contribution in [-0.4, -0.2) is 9.97 Å². The van der Waals surface area contributed by atoms with Crippen LogP contribution in [0, 0.1) is 0 Å². The van der Waals surface area contributed by atoms with Crippen molar-refractivity contribution in [1.29, 1.82) is 0 Å². The number of benzene rings is 1. The van der Waals surface area contributed by atoms with Gasteiger partial charge in [-0.05, 0) is 48.1 Å². The van der Waals surface area contributed by atoms with Gasteiger partial charge in [-0.15, -0.1) is 0 Å². The highest BCUT2D eigenvalue weighted by Gasteiger charge is 2.11. The molecule has 1 aromatic heterocycles. The zero-order valence-corrected chi connectivity index (χ0v) is 11.5. The highest BCUT2D eigenvalue weighted by atomic mass is 79.9. The summed E-state index contributed by atoms with van der Waals surface area (Å²) in [6, 6.07) is 6.64. The first kappa shape index (κ1) is 11.7. The lowest BCUT2D eigenvalue weighted by atomic mass is 10.1. The molecule has 18 heavy (non-hydrogen) atoms. The Balaban J connectivity index is 1.79. The molecule has 0 unspecified atom stereocenters. The van der Waals surface area contributed by atoms with E-state index < -0.39 is 0 Å². The Morgan fingerprint density at radius 3 is 2.67 bits per heavy atom. The van der Waals surface area contributed by atoms with Gasteiger partial charge in [0.2, 0.25) is 0 Å². The molecule has 0 fully saturated rings. The molecule has 0 saturated carbocycles. The van der Waals surface area contributed by atoms with Crippen LogP contribution in [0.5, 0.6) is 11.8 Å². The van der Waals surface area contributed by atoms with Gasteiger partial charge in [0, 0.05) is 17.7 Å². The summed E-state index contributed by atoms with van der Waals surface area (Å²) in [5.41, 5.74) is 3.87. The lowest BCUT2D eigenvalue weighted by Crippen LogP contribution is -1.93. The Morgan fingerprint density at radius 2 is 1.89 bits per heavy atom. The van der Waals surface area contributed by atoms with E-state index in [9.17, 15) is 0 Å². The Hall–Kier alpha value is -1.42. The number of hydrogen-bond acceptors (Lipinski definition) is 3. The summed E-state index contributed by atoms with van der Waals surface area (Å²) in [6.45, 7) is 0. The van der Waals surface area contributed by atoms with E-state index in [-0.39, 0.29) is 0 Å². The first-order valence-corrected chi connectivity index (χ1v) is 7.14. The maximum atomic E-state index is 5.67. The van der Waals surface area contributed by atoms with E-state index in [0.717, 1.165) is 23.1 Å². The van der Waals surface area contributed by atoms with Crippen LogP contribution < -0.4 is 4.74 Å². The summed E-state index contributed by atoms with van der Waals surface area (Å²) in [5, 5.41) is 0.756. The highest BCUT2D eigenvalue weighted by Crippen LogP contribution is 2.27. The van der Waals surface area contributed by atoms with Gasteiger partial charge >= 0.3 is 6.01 Å². The number of alkyl halides is 1. The summed E-state index contributed by atoms with van der Waals surface area (Å²) in [6.07, 6.45) is 7.12. The number of nitrogens with zero attached hydrogens (tertiary/aromatic N) is 2. The summed E-state index contributed by atoms with van der Waals surface area (Å²) in [4.78, 5) is 8.35. The highest BCUT2D eigenvalue weighted by molar-refractivity contribution is 9.08. The fraction of sp³-hybridized carbons (Fsp3) is 0.286. The quantitative estimate of drug-likeness (QED) is 0.812. The number of hydrogen-bond donors (Lipinski definition) is 0. The molecule has 92 valence electrons. The van der Waals surface area contributed by atoms with E-state index in [2.05, 4.69) is 38.0 Å². The van der Waals surface area contributed by atoms with Crippen LogP contribution >= 0.6 is 15.9 Å². The maximum Gasteiger partial charge on any atom is 0.321 e. The van der Waals surface area contributed by atoms with Crippen molar-refractivity contribution >= 4 is 15.9 Å². The third-order valence-electron chi connectivity index (χ3n) is 3.12. The van der Waals surface area contributed by atoms with Crippen molar-refractivity contribution in [3.8, 4) is 11.8 Å². The first-order valence-electron chi connectivity index (χ1n) is 6.02. The molecule has 1 aromatic carbocycles. The SMILES string of the molecule is BrCc1cnc(Oc2ccc3c(c2)CCC3)nc1. The second kappa shape index (κ2) is 5.06. The number of fused-ring (bicyclic) bond motifs is 1. The van der Waals surface area contributed by atoms with Crippen molar-refractivity contribution in [2.24, 2.45) is 0 Å². The molecule has 0 aliphatic heterocycles. The zero-order chi connectivity index (χ0) is 12.4. The molecule has 0 bridgehead atoms. The van der Waals surface area contributed by atoms with Gasteiger partial charge in [-0.25, -0.2) is 9.97 Å². The van der Waals surface area contributed by atoms with Crippen LogP contribution in [-0.2, 0) is 18.2 Å². The second-order valence-corrected chi connectivity index (χ2v) is 4.95. The van der Waals surface area contributed by atoms with E-state index in [1.165, 1.54) is 24.0 Å². The van der Waals surface area contributed by atoms with E-state index in [1.54, 1.807) is 12.4 Å². The molecule has 3 rings (SSSR count). The third-order valence-corrected chi connectivity index (χ3v) is 3.76. The van der Waals surface area contributed by atoms with Gasteiger partial charge in [-0.2, -0.15) is 0 Å². The molecule has 0 saturated heterocycles. The second-order valence-electron chi connectivity index (χ2n) is 4.39. The van der Waals surface area contributed by atoms with Crippen molar-refractivity contribution < 1.29 is 4.74 Å². The van der Waals surface area contributed by atoms with Crippen molar-refractivity contribution in [2.75, 3.05) is 0 Å². The minimum absolute atomic E-state index is 0.401. The van der Waals surface area contributed by atoms with E-state index >= 15 is 0 Å². The molecule has 4 heteroatoms. The summed E-state index contributed by atoms with van der Waals surface area (Å²) in [5.74, 6) is 0.822. The predicted molar refractivity (Wildman–Crippen MR) is 73.2 cm³/mol. The van der Waals surface area contributed by atoms with Crippen molar-refractivity contribution in [2.45, 2.75) is 24.6 Å². The van der Waals surface area contributed by atoms with E-state index in [1.807, 2.05) is 6.07 Å². The maximum absolute atomic E-state index is 5.67. The minimum Gasteiger partial charge on any atom is -0.424 e. The molecule has 0 amide bonds. The average molecular weight is 305 g/mol. The number of aryl methyl sites for hydroxylation is 2. The summed E-state index contributed by atoms with van der Waals surface area (Å²) >= 11 is 3.36. The van der Waals surface area contributed by atoms with Crippen LogP contribution in [0.1, 0.15) is 23.1 Å².